The molecular formula is C13H10F2. The van der Waals surface area contributed by atoms with Gasteiger partial charge in [0.2, 0.25) is 0 Å². The Hall–Kier alpha value is -1.70. The number of hydrogen-bond acceptors (Lipinski definition) is 0. The van der Waals surface area contributed by atoms with E-state index in [0.29, 0.717) is 12.0 Å². The number of hydrogen-bond donors (Lipinski definition) is 0. The van der Waals surface area contributed by atoms with E-state index in [4.69, 9.17) is 0 Å². The van der Waals surface area contributed by atoms with E-state index in [0.717, 1.165) is 17.7 Å². The minimum atomic E-state index is -0.401. The van der Waals surface area contributed by atoms with Gasteiger partial charge in [0.05, 0.1) is 0 Å². The summed E-state index contributed by atoms with van der Waals surface area (Å²) in [4.78, 5) is 0. The first-order chi connectivity index (χ1) is 7.25. The minimum absolute atomic E-state index is 0.361. The van der Waals surface area contributed by atoms with Gasteiger partial charge in [-0.3, -0.25) is 0 Å². The van der Waals surface area contributed by atoms with Gasteiger partial charge in [-0.2, -0.15) is 0 Å². The Morgan fingerprint density at radius 1 is 0.867 bits per heavy atom. The van der Waals surface area contributed by atoms with E-state index in [-0.39, 0.29) is 5.82 Å². The molecule has 0 heterocycles. The number of benzene rings is 2. The summed E-state index contributed by atoms with van der Waals surface area (Å²) in [5, 5.41) is 0. The highest BCUT2D eigenvalue weighted by atomic mass is 19.1. The maximum absolute atomic E-state index is 13.3. The third-order valence-corrected chi connectivity index (χ3v) is 2.25. The third kappa shape index (κ3) is 2.40. The summed E-state index contributed by atoms with van der Waals surface area (Å²) in [5.41, 5.74) is 1.36. The van der Waals surface area contributed by atoms with Crippen LogP contribution in [0.2, 0.25) is 0 Å². The molecule has 0 aliphatic rings. The predicted octanol–water partition coefficient (Wildman–Crippen LogP) is 3.56. The molecule has 0 aliphatic heterocycles. The lowest BCUT2D eigenvalue weighted by Gasteiger charge is -2.03. The van der Waals surface area contributed by atoms with Crippen LogP contribution in [0.15, 0.2) is 48.5 Å². The van der Waals surface area contributed by atoms with Crippen molar-refractivity contribution in [3.63, 3.8) is 0 Å². The highest BCUT2D eigenvalue weighted by Gasteiger charge is 2.04. The molecule has 76 valence electrons. The Morgan fingerprint density at radius 3 is 2.33 bits per heavy atom. The lowest BCUT2D eigenvalue weighted by Crippen LogP contribution is -1.93. The van der Waals surface area contributed by atoms with Crippen molar-refractivity contribution < 1.29 is 8.78 Å². The van der Waals surface area contributed by atoms with Crippen LogP contribution in [0.1, 0.15) is 11.1 Å². The number of rotatable bonds is 2. The molecule has 2 rings (SSSR count). The van der Waals surface area contributed by atoms with Gasteiger partial charge in [-0.05, 0) is 29.3 Å². The lowest BCUT2D eigenvalue weighted by atomic mass is 10.0. The van der Waals surface area contributed by atoms with Gasteiger partial charge in [0.25, 0.3) is 0 Å². The molecule has 0 saturated heterocycles. The Morgan fingerprint density at radius 2 is 1.60 bits per heavy atom. The average molecular weight is 204 g/mol. The van der Waals surface area contributed by atoms with Crippen molar-refractivity contribution in [1.29, 1.82) is 0 Å². The van der Waals surface area contributed by atoms with Crippen LogP contribution in [-0.4, -0.2) is 0 Å². The van der Waals surface area contributed by atoms with Crippen LogP contribution < -0.4 is 0 Å². The van der Waals surface area contributed by atoms with Crippen LogP contribution >= 0.6 is 0 Å². The minimum Gasteiger partial charge on any atom is -0.207 e. The van der Waals surface area contributed by atoms with Crippen LogP contribution in [0.5, 0.6) is 0 Å². The van der Waals surface area contributed by atoms with Gasteiger partial charge < -0.3 is 0 Å². The fourth-order valence-corrected chi connectivity index (χ4v) is 1.49. The molecular weight excluding hydrogens is 194 g/mol. The summed E-state index contributed by atoms with van der Waals surface area (Å²) in [6.45, 7) is 0. The number of halogens is 2. The quantitative estimate of drug-likeness (QED) is 0.701. The molecule has 0 aromatic heterocycles. The zero-order valence-corrected chi connectivity index (χ0v) is 8.08. The molecule has 0 bridgehead atoms. The molecule has 0 spiro atoms. The molecule has 0 amide bonds. The molecule has 0 N–H and O–H groups in total. The van der Waals surface area contributed by atoms with Crippen LogP contribution in [0, 0.1) is 11.6 Å². The molecule has 0 radical (unpaired) electrons. The fourth-order valence-electron chi connectivity index (χ4n) is 1.49. The molecule has 2 aromatic carbocycles. The zero-order chi connectivity index (χ0) is 10.7. The summed E-state index contributed by atoms with van der Waals surface area (Å²) in [5.74, 6) is -0.761. The molecule has 0 saturated carbocycles. The first kappa shape index (κ1) is 9.84. The van der Waals surface area contributed by atoms with Crippen molar-refractivity contribution in [2.24, 2.45) is 0 Å². The van der Waals surface area contributed by atoms with Crippen LogP contribution in [0.3, 0.4) is 0 Å². The van der Waals surface area contributed by atoms with E-state index in [2.05, 4.69) is 0 Å². The van der Waals surface area contributed by atoms with Gasteiger partial charge in [-0.15, -0.1) is 0 Å². The summed E-state index contributed by atoms with van der Waals surface area (Å²) in [6.07, 6.45) is 0.421. The first-order valence-corrected chi connectivity index (χ1v) is 4.73. The average Bonchev–Trinajstić information content (AvgIpc) is 2.25. The predicted molar refractivity (Wildman–Crippen MR) is 55.6 cm³/mol. The second kappa shape index (κ2) is 4.22. The van der Waals surface area contributed by atoms with E-state index in [9.17, 15) is 8.78 Å². The normalized spacial score (nSPS) is 10.3. The summed E-state index contributed by atoms with van der Waals surface area (Å²) < 4.78 is 26.2. The summed E-state index contributed by atoms with van der Waals surface area (Å²) in [7, 11) is 0. The zero-order valence-electron chi connectivity index (χ0n) is 8.08. The monoisotopic (exact) mass is 204 g/mol. The topological polar surface area (TPSA) is 0 Å². The SMILES string of the molecule is Fc1ccc(F)c(Cc2ccccc2)c1. The third-order valence-electron chi connectivity index (χ3n) is 2.25. The highest BCUT2D eigenvalue weighted by Crippen LogP contribution is 2.14. The molecule has 15 heavy (non-hydrogen) atoms. The van der Waals surface area contributed by atoms with Gasteiger partial charge in [-0.1, -0.05) is 30.3 Å². The Labute approximate surface area is 87.2 Å². The summed E-state index contributed by atoms with van der Waals surface area (Å²) >= 11 is 0. The largest absolute Gasteiger partial charge is 0.207 e. The van der Waals surface area contributed by atoms with Crippen molar-refractivity contribution in [1.82, 2.24) is 0 Å². The van der Waals surface area contributed by atoms with E-state index in [1.165, 1.54) is 6.07 Å². The summed E-state index contributed by atoms with van der Waals surface area (Å²) in [6, 6.07) is 13.0. The van der Waals surface area contributed by atoms with Gasteiger partial charge in [0.1, 0.15) is 11.6 Å². The Bertz CT molecular complexity index is 449. The van der Waals surface area contributed by atoms with Crippen molar-refractivity contribution in [2.45, 2.75) is 6.42 Å². The smallest absolute Gasteiger partial charge is 0.126 e. The van der Waals surface area contributed by atoms with E-state index in [1.807, 2.05) is 30.3 Å². The van der Waals surface area contributed by atoms with Gasteiger partial charge >= 0.3 is 0 Å². The van der Waals surface area contributed by atoms with E-state index in [1.54, 1.807) is 0 Å². The molecule has 0 fully saturated rings. The maximum Gasteiger partial charge on any atom is 0.126 e. The highest BCUT2D eigenvalue weighted by molar-refractivity contribution is 5.27. The lowest BCUT2D eigenvalue weighted by molar-refractivity contribution is 0.588. The van der Waals surface area contributed by atoms with Gasteiger partial charge in [0, 0.05) is 6.42 Å². The van der Waals surface area contributed by atoms with Crippen LogP contribution in [0.25, 0.3) is 0 Å². The Balaban J connectivity index is 2.28. The maximum atomic E-state index is 13.3. The molecule has 2 heteroatoms. The van der Waals surface area contributed by atoms with Crippen LogP contribution in [0.4, 0.5) is 8.78 Å². The van der Waals surface area contributed by atoms with E-state index < -0.39 is 5.82 Å². The van der Waals surface area contributed by atoms with Crippen molar-refractivity contribution in [3.8, 4) is 0 Å². The van der Waals surface area contributed by atoms with Gasteiger partial charge in [0.15, 0.2) is 0 Å². The second-order valence-electron chi connectivity index (χ2n) is 3.40. The molecule has 0 nitrogen and oxygen atoms in total. The molecule has 0 aliphatic carbocycles. The van der Waals surface area contributed by atoms with Gasteiger partial charge in [-0.25, -0.2) is 8.78 Å². The first-order valence-electron chi connectivity index (χ1n) is 4.73. The molecule has 0 atom stereocenters. The molecule has 0 unspecified atom stereocenters. The fraction of sp³-hybridized carbons (Fsp3) is 0.0769. The van der Waals surface area contributed by atoms with Crippen molar-refractivity contribution in [3.05, 3.63) is 71.3 Å². The standard InChI is InChI=1S/C13H10F2/c14-12-6-7-13(15)11(9-12)8-10-4-2-1-3-5-10/h1-7,9H,8H2. The molecule has 2 aromatic rings. The van der Waals surface area contributed by atoms with Crippen LogP contribution in [-0.2, 0) is 6.42 Å². The van der Waals surface area contributed by atoms with E-state index >= 15 is 0 Å². The van der Waals surface area contributed by atoms with Crippen molar-refractivity contribution >= 4 is 0 Å². The van der Waals surface area contributed by atoms with Crippen molar-refractivity contribution in [2.75, 3.05) is 0 Å². The Kier molecular flexibility index (Phi) is 2.77. The second-order valence-corrected chi connectivity index (χ2v) is 3.40.